The molecule has 0 aliphatic heterocycles. The van der Waals surface area contributed by atoms with Crippen LogP contribution in [0.1, 0.15) is 16.7 Å². The van der Waals surface area contributed by atoms with Gasteiger partial charge in [-0.1, -0.05) is 91.0 Å². The topological polar surface area (TPSA) is 56.7 Å². The van der Waals surface area contributed by atoms with Gasteiger partial charge in [-0.05, 0) is 41.0 Å². The number of anilines is 1. The van der Waals surface area contributed by atoms with Crippen LogP contribution in [0.3, 0.4) is 0 Å². The van der Waals surface area contributed by atoms with Crippen molar-refractivity contribution in [3.63, 3.8) is 0 Å². The van der Waals surface area contributed by atoms with E-state index < -0.39 is 5.54 Å². The van der Waals surface area contributed by atoms with Crippen LogP contribution in [0, 0.1) is 0 Å². The molecule has 0 aliphatic rings. The lowest BCUT2D eigenvalue weighted by atomic mass is 9.77. The molecular formula is C27H22N4. The van der Waals surface area contributed by atoms with Gasteiger partial charge in [-0.25, -0.2) is 9.67 Å². The molecule has 4 aromatic carbocycles. The fraction of sp³-hybridized carbons (Fsp3) is 0.0370. The van der Waals surface area contributed by atoms with Crippen LogP contribution >= 0.6 is 0 Å². The van der Waals surface area contributed by atoms with Crippen molar-refractivity contribution in [3.05, 3.63) is 138 Å². The molecule has 4 nitrogen and oxygen atoms in total. The quantitative estimate of drug-likeness (QED) is 0.318. The summed E-state index contributed by atoms with van der Waals surface area (Å²) in [5.74, 6) is 0.659. The lowest BCUT2D eigenvalue weighted by Gasteiger charge is -2.35. The van der Waals surface area contributed by atoms with Crippen LogP contribution in [0.5, 0.6) is 0 Å². The Labute approximate surface area is 181 Å². The van der Waals surface area contributed by atoms with Crippen LogP contribution in [0.25, 0.3) is 11.4 Å². The Morgan fingerprint density at radius 1 is 0.581 bits per heavy atom. The van der Waals surface area contributed by atoms with Crippen molar-refractivity contribution < 1.29 is 0 Å². The lowest BCUT2D eigenvalue weighted by Crippen LogP contribution is -2.38. The molecule has 4 heteroatoms. The van der Waals surface area contributed by atoms with E-state index in [2.05, 4.69) is 77.8 Å². The van der Waals surface area contributed by atoms with E-state index >= 15 is 0 Å². The van der Waals surface area contributed by atoms with E-state index in [1.54, 1.807) is 0 Å². The fourth-order valence-electron chi connectivity index (χ4n) is 4.12. The monoisotopic (exact) mass is 402 g/mol. The average Bonchev–Trinajstić information content (AvgIpc) is 3.33. The highest BCUT2D eigenvalue weighted by Gasteiger charge is 2.39. The molecule has 2 N–H and O–H groups in total. The van der Waals surface area contributed by atoms with Gasteiger partial charge in [-0.15, -0.1) is 5.10 Å². The minimum Gasteiger partial charge on any atom is -0.399 e. The van der Waals surface area contributed by atoms with Crippen molar-refractivity contribution in [2.75, 3.05) is 5.73 Å². The molecule has 5 rings (SSSR count). The summed E-state index contributed by atoms with van der Waals surface area (Å²) in [5.41, 5.74) is 10.2. The van der Waals surface area contributed by atoms with E-state index in [9.17, 15) is 0 Å². The fourth-order valence-corrected chi connectivity index (χ4v) is 4.12. The van der Waals surface area contributed by atoms with E-state index in [0.29, 0.717) is 5.82 Å². The Bertz CT molecular complexity index is 1160. The van der Waals surface area contributed by atoms with Gasteiger partial charge in [0.1, 0.15) is 11.9 Å². The van der Waals surface area contributed by atoms with Crippen molar-refractivity contribution >= 4 is 5.69 Å². The van der Waals surface area contributed by atoms with E-state index in [0.717, 1.165) is 27.9 Å². The van der Waals surface area contributed by atoms with E-state index in [1.807, 2.05) is 53.5 Å². The molecule has 0 fully saturated rings. The number of rotatable bonds is 5. The minimum absolute atomic E-state index is 0.659. The van der Waals surface area contributed by atoms with Gasteiger partial charge < -0.3 is 5.73 Å². The molecule has 5 aromatic rings. The first-order valence-corrected chi connectivity index (χ1v) is 10.2. The zero-order chi connectivity index (χ0) is 21.1. The molecule has 1 aromatic heterocycles. The molecule has 1 heterocycles. The average molecular weight is 403 g/mol. The third kappa shape index (κ3) is 3.28. The second kappa shape index (κ2) is 7.92. The molecule has 31 heavy (non-hydrogen) atoms. The summed E-state index contributed by atoms with van der Waals surface area (Å²) in [4.78, 5) is 4.67. The Hall–Kier alpha value is -4.18. The van der Waals surface area contributed by atoms with E-state index in [1.165, 1.54) is 0 Å². The number of hydrogen-bond acceptors (Lipinski definition) is 3. The molecule has 150 valence electrons. The van der Waals surface area contributed by atoms with Crippen molar-refractivity contribution in [3.8, 4) is 11.4 Å². The molecule has 0 aliphatic carbocycles. The van der Waals surface area contributed by atoms with Crippen LogP contribution < -0.4 is 5.73 Å². The molecule has 0 amide bonds. The maximum absolute atomic E-state index is 5.86. The number of nitrogens with zero attached hydrogens (tertiary/aromatic N) is 3. The molecular weight excluding hydrogens is 380 g/mol. The number of aromatic nitrogens is 3. The van der Waals surface area contributed by atoms with Crippen molar-refractivity contribution in [1.82, 2.24) is 14.8 Å². The Balaban J connectivity index is 1.80. The van der Waals surface area contributed by atoms with Gasteiger partial charge in [0, 0.05) is 11.3 Å². The predicted molar refractivity (Wildman–Crippen MR) is 124 cm³/mol. The van der Waals surface area contributed by atoms with Crippen LogP contribution in [-0.2, 0) is 5.54 Å². The first-order valence-electron chi connectivity index (χ1n) is 10.2. The molecule has 0 radical (unpaired) electrons. The molecule has 0 unspecified atom stereocenters. The van der Waals surface area contributed by atoms with Gasteiger partial charge in [0.2, 0.25) is 0 Å². The maximum Gasteiger partial charge on any atom is 0.181 e. The summed E-state index contributed by atoms with van der Waals surface area (Å²) in [5, 5.41) is 4.98. The first kappa shape index (κ1) is 18.8. The lowest BCUT2D eigenvalue weighted by molar-refractivity contribution is 0.459. The normalized spacial score (nSPS) is 11.4. The number of hydrogen-bond donors (Lipinski definition) is 1. The number of nitrogens with two attached hydrogens (primary N) is 1. The van der Waals surface area contributed by atoms with E-state index in [4.69, 9.17) is 10.8 Å². The van der Waals surface area contributed by atoms with Crippen molar-refractivity contribution in [2.24, 2.45) is 0 Å². The largest absolute Gasteiger partial charge is 0.399 e. The number of benzene rings is 4. The first-order chi connectivity index (χ1) is 15.3. The van der Waals surface area contributed by atoms with Crippen molar-refractivity contribution in [2.45, 2.75) is 5.54 Å². The van der Waals surface area contributed by atoms with Gasteiger partial charge in [0.15, 0.2) is 5.82 Å². The number of nitrogen functional groups attached to an aromatic ring is 1. The predicted octanol–water partition coefficient (Wildman–Crippen LogP) is 5.37. The highest BCUT2D eigenvalue weighted by Crippen LogP contribution is 2.40. The van der Waals surface area contributed by atoms with Gasteiger partial charge in [-0.2, -0.15) is 0 Å². The summed E-state index contributed by atoms with van der Waals surface area (Å²) in [6.07, 6.45) is 1.82. The summed E-state index contributed by atoms with van der Waals surface area (Å²) in [7, 11) is 0. The van der Waals surface area contributed by atoms with Gasteiger partial charge in [0.05, 0.1) is 0 Å². The zero-order valence-corrected chi connectivity index (χ0v) is 17.0. The van der Waals surface area contributed by atoms with E-state index in [-0.39, 0.29) is 0 Å². The summed E-state index contributed by atoms with van der Waals surface area (Å²) in [6, 6.07) is 39.0. The second-order valence-electron chi connectivity index (χ2n) is 7.44. The molecule has 0 saturated heterocycles. The summed E-state index contributed by atoms with van der Waals surface area (Å²) in [6.45, 7) is 0. The standard InChI is InChI=1S/C27H22N4/c28-25-18-16-21(17-19-25)26-29-20-31(30-26)27(22-10-4-1-5-11-22,23-12-6-2-7-13-23)24-14-8-3-9-15-24/h1-20H,28H2. The highest BCUT2D eigenvalue weighted by atomic mass is 15.4. The second-order valence-corrected chi connectivity index (χ2v) is 7.44. The summed E-state index contributed by atoms with van der Waals surface area (Å²) >= 11 is 0. The highest BCUT2D eigenvalue weighted by molar-refractivity contribution is 5.58. The summed E-state index contributed by atoms with van der Waals surface area (Å²) < 4.78 is 1.97. The zero-order valence-electron chi connectivity index (χ0n) is 17.0. The Kier molecular flexibility index (Phi) is 4.81. The van der Waals surface area contributed by atoms with Crippen molar-refractivity contribution in [1.29, 1.82) is 0 Å². The van der Waals surface area contributed by atoms with Crippen LogP contribution in [0.2, 0.25) is 0 Å². The van der Waals surface area contributed by atoms with Gasteiger partial charge >= 0.3 is 0 Å². The Morgan fingerprint density at radius 2 is 1.03 bits per heavy atom. The Morgan fingerprint density at radius 3 is 1.48 bits per heavy atom. The van der Waals surface area contributed by atoms with Crippen LogP contribution in [-0.4, -0.2) is 14.8 Å². The minimum atomic E-state index is -0.664. The molecule has 0 atom stereocenters. The van der Waals surface area contributed by atoms with Crippen LogP contribution in [0.4, 0.5) is 5.69 Å². The van der Waals surface area contributed by atoms with Crippen LogP contribution in [0.15, 0.2) is 122 Å². The molecule has 0 spiro atoms. The van der Waals surface area contributed by atoms with Gasteiger partial charge in [0.25, 0.3) is 0 Å². The van der Waals surface area contributed by atoms with Gasteiger partial charge in [-0.3, -0.25) is 0 Å². The smallest absolute Gasteiger partial charge is 0.181 e. The third-order valence-corrected chi connectivity index (χ3v) is 5.58. The molecule has 0 bridgehead atoms. The molecule has 0 saturated carbocycles. The SMILES string of the molecule is Nc1ccc(-c2ncn(C(c3ccccc3)(c3ccccc3)c3ccccc3)n2)cc1. The third-order valence-electron chi connectivity index (χ3n) is 5.58. The maximum atomic E-state index is 5.86.